The second kappa shape index (κ2) is 14.9. The van der Waals surface area contributed by atoms with Gasteiger partial charge in [-0.15, -0.1) is 0 Å². The van der Waals surface area contributed by atoms with Gasteiger partial charge in [-0.3, -0.25) is 13.9 Å². The fraction of sp³-hybridized carbons (Fsp3) is 0.278. The smallest absolute Gasteiger partial charge is 0.264 e. The molecular formula is C36H38BrN3O4S. The van der Waals surface area contributed by atoms with E-state index in [1.807, 2.05) is 73.7 Å². The third-order valence-corrected chi connectivity index (χ3v) is 10.5. The van der Waals surface area contributed by atoms with Crippen LogP contribution < -0.4 is 9.62 Å². The maximum absolute atomic E-state index is 14.6. The first-order valence-electron chi connectivity index (χ1n) is 15.2. The average Bonchev–Trinajstić information content (AvgIpc) is 3.56. The van der Waals surface area contributed by atoms with Crippen LogP contribution >= 0.6 is 15.9 Å². The minimum atomic E-state index is -4.13. The fourth-order valence-corrected chi connectivity index (χ4v) is 7.78. The number of amides is 2. The summed E-state index contributed by atoms with van der Waals surface area (Å²) >= 11 is 3.53. The Kier molecular flexibility index (Phi) is 10.7. The van der Waals surface area contributed by atoms with Gasteiger partial charge in [0.2, 0.25) is 11.8 Å². The Morgan fingerprint density at radius 1 is 0.844 bits per heavy atom. The Labute approximate surface area is 274 Å². The van der Waals surface area contributed by atoms with Crippen molar-refractivity contribution in [2.75, 3.05) is 10.8 Å². The fourth-order valence-electron chi connectivity index (χ4n) is 5.83. The second-order valence-corrected chi connectivity index (χ2v) is 14.2. The van der Waals surface area contributed by atoms with E-state index in [-0.39, 0.29) is 29.8 Å². The maximum atomic E-state index is 14.6. The molecule has 0 aliphatic heterocycles. The van der Waals surface area contributed by atoms with Crippen LogP contribution in [0.2, 0.25) is 0 Å². The van der Waals surface area contributed by atoms with Crippen molar-refractivity contribution < 1.29 is 18.0 Å². The molecule has 1 aliphatic carbocycles. The van der Waals surface area contributed by atoms with Crippen molar-refractivity contribution in [3.8, 4) is 0 Å². The van der Waals surface area contributed by atoms with Crippen LogP contribution in [0.3, 0.4) is 0 Å². The minimum absolute atomic E-state index is 0.0560. The summed E-state index contributed by atoms with van der Waals surface area (Å²) in [6.07, 6.45) is 4.20. The Bertz CT molecular complexity index is 1710. The number of carbonyl (C=O) groups excluding carboxylic acids is 2. The quantitative estimate of drug-likeness (QED) is 0.181. The molecule has 1 aliphatic rings. The van der Waals surface area contributed by atoms with Crippen LogP contribution in [-0.4, -0.2) is 43.8 Å². The number of para-hydroxylation sites is 1. The molecule has 0 spiro atoms. The second-order valence-electron chi connectivity index (χ2n) is 11.5. The molecule has 1 saturated carbocycles. The lowest BCUT2D eigenvalue weighted by atomic mass is 10.0. The average molecular weight is 689 g/mol. The normalized spacial score (nSPS) is 14.1. The van der Waals surface area contributed by atoms with Crippen LogP contribution in [0.15, 0.2) is 119 Å². The Morgan fingerprint density at radius 3 is 2.13 bits per heavy atom. The third-order valence-electron chi connectivity index (χ3n) is 8.21. The van der Waals surface area contributed by atoms with Crippen LogP contribution in [0.1, 0.15) is 42.4 Å². The number of halogens is 1. The van der Waals surface area contributed by atoms with Gasteiger partial charge in [0, 0.05) is 23.5 Å². The lowest BCUT2D eigenvalue weighted by molar-refractivity contribution is -0.140. The van der Waals surface area contributed by atoms with E-state index in [2.05, 4.69) is 21.2 Å². The maximum Gasteiger partial charge on any atom is 0.264 e. The predicted octanol–water partition coefficient (Wildman–Crippen LogP) is 6.65. The van der Waals surface area contributed by atoms with Crippen molar-refractivity contribution in [1.82, 2.24) is 10.2 Å². The van der Waals surface area contributed by atoms with Gasteiger partial charge in [-0.25, -0.2) is 8.42 Å². The molecule has 9 heteroatoms. The topological polar surface area (TPSA) is 86.8 Å². The Hall–Kier alpha value is -3.95. The van der Waals surface area contributed by atoms with Crippen LogP contribution in [0.4, 0.5) is 5.69 Å². The highest BCUT2D eigenvalue weighted by Crippen LogP contribution is 2.28. The number of nitrogens with one attached hydrogen (secondary N) is 1. The van der Waals surface area contributed by atoms with Crippen molar-refractivity contribution in [3.63, 3.8) is 0 Å². The van der Waals surface area contributed by atoms with E-state index in [9.17, 15) is 18.0 Å². The van der Waals surface area contributed by atoms with E-state index < -0.39 is 28.5 Å². The summed E-state index contributed by atoms with van der Waals surface area (Å²) in [4.78, 5) is 30.3. The largest absolute Gasteiger partial charge is 0.352 e. The molecule has 0 aromatic heterocycles. The van der Waals surface area contributed by atoms with E-state index in [1.54, 1.807) is 35.2 Å². The summed E-state index contributed by atoms with van der Waals surface area (Å²) in [7, 11) is -4.13. The zero-order valence-corrected chi connectivity index (χ0v) is 27.7. The number of rotatable bonds is 12. The Balaban J connectivity index is 1.57. The first kappa shape index (κ1) is 32.4. The summed E-state index contributed by atoms with van der Waals surface area (Å²) in [6.45, 7) is 1.47. The SMILES string of the molecule is Cc1ccccc1N(CC(=O)N(Cc1cccc(Br)c1)[C@@H](Cc1ccccc1)C(=O)NC1CCCC1)S(=O)(=O)c1ccccc1. The molecule has 0 unspecified atom stereocenters. The van der Waals surface area contributed by atoms with Gasteiger partial charge in [0.15, 0.2) is 0 Å². The zero-order valence-electron chi connectivity index (χ0n) is 25.3. The van der Waals surface area contributed by atoms with Crippen LogP contribution in [0, 0.1) is 6.92 Å². The number of carbonyl (C=O) groups is 2. The molecule has 0 heterocycles. The minimum Gasteiger partial charge on any atom is -0.352 e. The van der Waals surface area contributed by atoms with E-state index in [4.69, 9.17) is 0 Å². The number of sulfonamides is 1. The summed E-state index contributed by atoms with van der Waals surface area (Å²) < 4.78 is 30.3. The molecule has 0 saturated heterocycles. The van der Waals surface area contributed by atoms with E-state index in [0.29, 0.717) is 11.3 Å². The molecular weight excluding hydrogens is 650 g/mol. The highest BCUT2D eigenvalue weighted by molar-refractivity contribution is 9.10. The summed E-state index contributed by atoms with van der Waals surface area (Å²) in [5, 5.41) is 3.21. The van der Waals surface area contributed by atoms with Crippen molar-refractivity contribution in [3.05, 3.63) is 130 Å². The monoisotopic (exact) mass is 687 g/mol. The highest BCUT2D eigenvalue weighted by atomic mass is 79.9. The molecule has 1 N–H and O–H groups in total. The van der Waals surface area contributed by atoms with Gasteiger partial charge in [0.25, 0.3) is 10.0 Å². The number of hydrogen-bond acceptors (Lipinski definition) is 4. The van der Waals surface area contributed by atoms with Crippen molar-refractivity contribution in [2.45, 2.75) is 62.6 Å². The highest BCUT2D eigenvalue weighted by Gasteiger charge is 2.35. The summed E-state index contributed by atoms with van der Waals surface area (Å²) in [5.41, 5.74) is 2.84. The number of benzene rings is 4. The molecule has 0 bridgehead atoms. The van der Waals surface area contributed by atoms with Crippen LogP contribution in [0.25, 0.3) is 0 Å². The van der Waals surface area contributed by atoms with Crippen LogP contribution in [-0.2, 0) is 32.6 Å². The molecule has 1 atom stereocenters. The molecule has 5 rings (SSSR count). The van der Waals surface area contributed by atoms with Gasteiger partial charge in [-0.2, -0.15) is 0 Å². The van der Waals surface area contributed by atoms with Gasteiger partial charge >= 0.3 is 0 Å². The molecule has 1 fully saturated rings. The lowest BCUT2D eigenvalue weighted by Gasteiger charge is -2.34. The Morgan fingerprint density at radius 2 is 1.47 bits per heavy atom. The van der Waals surface area contributed by atoms with Gasteiger partial charge in [-0.1, -0.05) is 108 Å². The van der Waals surface area contributed by atoms with Crippen LogP contribution in [0.5, 0.6) is 0 Å². The number of nitrogens with zero attached hydrogens (tertiary/aromatic N) is 2. The van der Waals surface area contributed by atoms with E-state index in [0.717, 1.165) is 41.3 Å². The van der Waals surface area contributed by atoms with E-state index >= 15 is 0 Å². The van der Waals surface area contributed by atoms with Gasteiger partial charge in [0.1, 0.15) is 12.6 Å². The van der Waals surface area contributed by atoms with Crippen molar-refractivity contribution >= 4 is 43.5 Å². The van der Waals surface area contributed by atoms with Gasteiger partial charge in [0.05, 0.1) is 10.6 Å². The number of anilines is 1. The standard InChI is InChI=1S/C36H38BrN3O4S/c1-27-13-8-11-22-33(27)40(45(43,44)32-20-6-3-7-21-32)26-35(41)39(25-29-16-12-17-30(37)23-29)34(24-28-14-4-2-5-15-28)36(42)38-31-18-9-10-19-31/h2-8,11-17,20-23,31,34H,9-10,18-19,24-26H2,1H3,(H,38,42)/t34-/m0/s1. The zero-order chi connectivity index (χ0) is 31.8. The lowest BCUT2D eigenvalue weighted by Crippen LogP contribution is -2.54. The molecule has 7 nitrogen and oxygen atoms in total. The van der Waals surface area contributed by atoms with Gasteiger partial charge < -0.3 is 10.2 Å². The molecule has 4 aromatic carbocycles. The summed E-state index contributed by atoms with van der Waals surface area (Å²) in [6, 6.07) is 31.6. The molecule has 4 aromatic rings. The predicted molar refractivity (Wildman–Crippen MR) is 181 cm³/mol. The molecule has 0 radical (unpaired) electrons. The molecule has 2 amide bonds. The first-order valence-corrected chi connectivity index (χ1v) is 17.5. The first-order chi connectivity index (χ1) is 21.7. The number of hydrogen-bond donors (Lipinski definition) is 1. The summed E-state index contributed by atoms with van der Waals surface area (Å²) in [5.74, 6) is -0.706. The molecule has 234 valence electrons. The third kappa shape index (κ3) is 8.21. The number of aryl methyl sites for hydroxylation is 1. The molecule has 45 heavy (non-hydrogen) atoms. The van der Waals surface area contributed by atoms with E-state index in [1.165, 1.54) is 16.4 Å². The van der Waals surface area contributed by atoms with Crippen molar-refractivity contribution in [2.24, 2.45) is 0 Å². The van der Waals surface area contributed by atoms with Gasteiger partial charge in [-0.05, 0) is 66.8 Å². The van der Waals surface area contributed by atoms with Crippen molar-refractivity contribution in [1.29, 1.82) is 0 Å².